The highest BCUT2D eigenvalue weighted by Gasteiger charge is 2.23. The summed E-state index contributed by atoms with van der Waals surface area (Å²) in [5.41, 5.74) is 1.57. The van der Waals surface area contributed by atoms with Gasteiger partial charge in [0.1, 0.15) is 5.69 Å². The number of aromatic nitrogens is 2. The summed E-state index contributed by atoms with van der Waals surface area (Å²) in [4.78, 5) is 10.5. The van der Waals surface area contributed by atoms with Gasteiger partial charge >= 0.3 is 5.69 Å². The first-order valence-electron chi connectivity index (χ1n) is 5.02. The molecule has 2 heterocycles. The van der Waals surface area contributed by atoms with E-state index in [1.165, 1.54) is 4.68 Å². The van der Waals surface area contributed by atoms with Crippen molar-refractivity contribution in [2.75, 3.05) is 5.32 Å². The van der Waals surface area contributed by atoms with Gasteiger partial charge in [-0.05, 0) is 29.3 Å². The molecule has 0 radical (unpaired) electrons. The zero-order valence-corrected chi connectivity index (χ0v) is 10.3. The van der Waals surface area contributed by atoms with Crippen molar-refractivity contribution in [3.05, 3.63) is 38.2 Å². The fourth-order valence-corrected chi connectivity index (χ4v) is 2.31. The lowest BCUT2D eigenvalue weighted by atomic mass is 10.3. The summed E-state index contributed by atoms with van der Waals surface area (Å²) < 4.78 is 1.50. The second-order valence-corrected chi connectivity index (χ2v) is 4.43. The number of nitrogens with zero attached hydrogens (tertiary/aromatic N) is 3. The van der Waals surface area contributed by atoms with E-state index in [2.05, 4.69) is 10.4 Å². The van der Waals surface area contributed by atoms with E-state index in [1.807, 2.05) is 16.8 Å². The van der Waals surface area contributed by atoms with E-state index in [1.54, 1.807) is 25.3 Å². The van der Waals surface area contributed by atoms with Gasteiger partial charge in [0.05, 0.1) is 4.92 Å². The third-order valence-electron chi connectivity index (χ3n) is 2.41. The molecule has 2 aromatic rings. The van der Waals surface area contributed by atoms with E-state index < -0.39 is 4.92 Å². The monoisotopic (exact) mass is 252 g/mol. The van der Waals surface area contributed by atoms with E-state index in [0.29, 0.717) is 18.1 Å². The average molecular weight is 252 g/mol. The molecule has 0 aliphatic carbocycles. The van der Waals surface area contributed by atoms with E-state index >= 15 is 0 Å². The Kier molecular flexibility index (Phi) is 3.10. The van der Waals surface area contributed by atoms with Crippen LogP contribution in [0.4, 0.5) is 11.5 Å². The number of nitrogens with one attached hydrogen (secondary N) is 1. The Morgan fingerprint density at radius 1 is 1.65 bits per heavy atom. The Bertz CT molecular complexity index is 533. The normalized spacial score (nSPS) is 10.5. The molecule has 7 heteroatoms. The van der Waals surface area contributed by atoms with Crippen LogP contribution in [0.1, 0.15) is 11.3 Å². The van der Waals surface area contributed by atoms with E-state index in [4.69, 9.17) is 0 Å². The Hall–Kier alpha value is -1.89. The van der Waals surface area contributed by atoms with Crippen molar-refractivity contribution in [3.63, 3.8) is 0 Å². The molecular weight excluding hydrogens is 240 g/mol. The fraction of sp³-hybridized carbons (Fsp3) is 0.300. The predicted molar refractivity (Wildman–Crippen MR) is 66.2 cm³/mol. The highest BCUT2D eigenvalue weighted by atomic mass is 32.1. The van der Waals surface area contributed by atoms with Crippen LogP contribution >= 0.6 is 11.3 Å². The molecule has 0 saturated carbocycles. The van der Waals surface area contributed by atoms with Gasteiger partial charge in [0.25, 0.3) is 0 Å². The topological polar surface area (TPSA) is 73.0 Å². The van der Waals surface area contributed by atoms with Crippen molar-refractivity contribution in [1.82, 2.24) is 9.78 Å². The minimum absolute atomic E-state index is 0.0442. The zero-order chi connectivity index (χ0) is 12.4. The molecule has 1 N–H and O–H groups in total. The first-order valence-corrected chi connectivity index (χ1v) is 5.97. The van der Waals surface area contributed by atoms with Crippen LogP contribution in [-0.4, -0.2) is 14.7 Å². The van der Waals surface area contributed by atoms with Gasteiger partial charge in [-0.1, -0.05) is 0 Å². The summed E-state index contributed by atoms with van der Waals surface area (Å²) in [6, 6.07) is 1.98. The van der Waals surface area contributed by atoms with Gasteiger partial charge in [-0.2, -0.15) is 16.4 Å². The molecule has 0 unspecified atom stereocenters. The maximum absolute atomic E-state index is 10.9. The van der Waals surface area contributed by atoms with Crippen LogP contribution in [0, 0.1) is 17.0 Å². The van der Waals surface area contributed by atoms with Crippen LogP contribution in [0.25, 0.3) is 0 Å². The van der Waals surface area contributed by atoms with Crippen molar-refractivity contribution in [2.45, 2.75) is 13.5 Å². The first-order chi connectivity index (χ1) is 8.09. The van der Waals surface area contributed by atoms with E-state index in [-0.39, 0.29) is 5.69 Å². The van der Waals surface area contributed by atoms with Crippen molar-refractivity contribution in [2.24, 2.45) is 7.05 Å². The van der Waals surface area contributed by atoms with Gasteiger partial charge in [-0.15, -0.1) is 0 Å². The van der Waals surface area contributed by atoms with Crippen LogP contribution in [0.3, 0.4) is 0 Å². The lowest BCUT2D eigenvalue weighted by Gasteiger charge is -2.04. The Morgan fingerprint density at radius 2 is 2.41 bits per heavy atom. The molecule has 2 rings (SSSR count). The second-order valence-electron chi connectivity index (χ2n) is 3.65. The van der Waals surface area contributed by atoms with Crippen LogP contribution in [-0.2, 0) is 13.6 Å². The molecule has 0 saturated heterocycles. The minimum Gasteiger partial charge on any atom is -0.360 e. The minimum atomic E-state index is -0.404. The molecule has 2 aromatic heterocycles. The second kappa shape index (κ2) is 4.54. The number of rotatable bonds is 4. The highest BCUT2D eigenvalue weighted by molar-refractivity contribution is 7.07. The number of thiophene rings is 1. The molecule has 0 bridgehead atoms. The molecule has 6 nitrogen and oxygen atoms in total. The maximum Gasteiger partial charge on any atom is 0.333 e. The fourth-order valence-electron chi connectivity index (χ4n) is 1.64. The molecule has 0 amide bonds. The van der Waals surface area contributed by atoms with Crippen molar-refractivity contribution in [3.8, 4) is 0 Å². The maximum atomic E-state index is 10.9. The Labute approximate surface area is 102 Å². The Balaban J connectivity index is 2.23. The summed E-state index contributed by atoms with van der Waals surface area (Å²) in [6.45, 7) is 2.19. The summed E-state index contributed by atoms with van der Waals surface area (Å²) in [5, 5.41) is 22.0. The van der Waals surface area contributed by atoms with Gasteiger partial charge in [-0.25, -0.2) is 4.68 Å². The van der Waals surface area contributed by atoms with Gasteiger partial charge in [-0.3, -0.25) is 10.1 Å². The first kappa shape index (κ1) is 11.6. The molecule has 0 spiro atoms. The standard InChI is InChI=1S/C10H12N4O2S/c1-7-9(14(15)16)10(13(2)12-7)11-5-8-3-4-17-6-8/h3-4,6,11H,5H2,1-2H3. The molecule has 0 aromatic carbocycles. The number of hydrogen-bond acceptors (Lipinski definition) is 5. The molecule has 0 aliphatic rings. The van der Waals surface area contributed by atoms with E-state index in [0.717, 1.165) is 5.56 Å². The third-order valence-corrected chi connectivity index (χ3v) is 3.15. The van der Waals surface area contributed by atoms with Crippen LogP contribution in [0.2, 0.25) is 0 Å². The van der Waals surface area contributed by atoms with E-state index in [9.17, 15) is 10.1 Å². The van der Waals surface area contributed by atoms with Crippen molar-refractivity contribution >= 4 is 22.8 Å². The number of aryl methyl sites for hydroxylation is 2. The molecule has 0 atom stereocenters. The van der Waals surface area contributed by atoms with Gasteiger partial charge in [0.15, 0.2) is 0 Å². The SMILES string of the molecule is Cc1nn(C)c(NCc2ccsc2)c1[N+](=O)[O-]. The third kappa shape index (κ3) is 2.28. The average Bonchev–Trinajstić information content (AvgIpc) is 2.83. The van der Waals surface area contributed by atoms with Crippen LogP contribution in [0.15, 0.2) is 16.8 Å². The number of anilines is 1. The van der Waals surface area contributed by atoms with Crippen molar-refractivity contribution in [1.29, 1.82) is 0 Å². The number of nitro groups is 1. The number of hydrogen-bond donors (Lipinski definition) is 1. The lowest BCUT2D eigenvalue weighted by molar-refractivity contribution is -0.384. The molecule has 0 fully saturated rings. The van der Waals surface area contributed by atoms with Gasteiger partial charge < -0.3 is 5.32 Å². The van der Waals surface area contributed by atoms with Crippen molar-refractivity contribution < 1.29 is 4.92 Å². The summed E-state index contributed by atoms with van der Waals surface area (Å²) in [6.07, 6.45) is 0. The molecule has 90 valence electrons. The molecule has 0 aliphatic heterocycles. The predicted octanol–water partition coefficient (Wildman–Crippen LogP) is 2.31. The smallest absolute Gasteiger partial charge is 0.333 e. The van der Waals surface area contributed by atoms with Crippen LogP contribution < -0.4 is 5.32 Å². The summed E-state index contributed by atoms with van der Waals surface area (Å²) >= 11 is 1.60. The zero-order valence-electron chi connectivity index (χ0n) is 9.51. The lowest BCUT2D eigenvalue weighted by Crippen LogP contribution is -2.05. The summed E-state index contributed by atoms with van der Waals surface area (Å²) in [7, 11) is 1.69. The Morgan fingerprint density at radius 3 is 3.00 bits per heavy atom. The van der Waals surface area contributed by atoms with Gasteiger partial charge in [0, 0.05) is 13.6 Å². The summed E-state index contributed by atoms with van der Waals surface area (Å²) in [5.74, 6) is 0.443. The van der Waals surface area contributed by atoms with Gasteiger partial charge in [0.2, 0.25) is 5.82 Å². The van der Waals surface area contributed by atoms with Crippen LogP contribution in [0.5, 0.6) is 0 Å². The largest absolute Gasteiger partial charge is 0.360 e. The molecular formula is C10H12N4O2S. The molecule has 17 heavy (non-hydrogen) atoms. The quantitative estimate of drug-likeness (QED) is 0.669. The highest BCUT2D eigenvalue weighted by Crippen LogP contribution is 2.27.